The molecule has 132 valence electrons. The second kappa shape index (κ2) is 8.85. The van der Waals surface area contributed by atoms with Crippen molar-refractivity contribution < 1.29 is 4.79 Å². The van der Waals surface area contributed by atoms with Crippen LogP contribution in [0.2, 0.25) is 0 Å². The molecule has 0 unspecified atom stereocenters. The van der Waals surface area contributed by atoms with Crippen molar-refractivity contribution in [2.75, 3.05) is 13.1 Å². The highest BCUT2D eigenvalue weighted by atomic mass is 16.2. The predicted octanol–water partition coefficient (Wildman–Crippen LogP) is 3.63. The van der Waals surface area contributed by atoms with Crippen LogP contribution in [0.5, 0.6) is 0 Å². The molecule has 0 atom stereocenters. The van der Waals surface area contributed by atoms with Crippen LogP contribution < -0.4 is 0 Å². The summed E-state index contributed by atoms with van der Waals surface area (Å²) >= 11 is 0. The molecule has 2 heterocycles. The van der Waals surface area contributed by atoms with Crippen LogP contribution in [0.4, 0.5) is 0 Å². The topological polar surface area (TPSA) is 59.0 Å². The smallest absolute Gasteiger partial charge is 0.256 e. The minimum absolute atomic E-state index is 0.0261. The molecule has 0 bridgehead atoms. The molecule has 0 fully saturated rings. The summed E-state index contributed by atoms with van der Waals surface area (Å²) in [5, 5.41) is 0. The summed E-state index contributed by atoms with van der Waals surface area (Å²) < 4.78 is 0. The summed E-state index contributed by atoms with van der Waals surface area (Å²) in [6, 6.07) is 14.0. The molecule has 1 amide bonds. The van der Waals surface area contributed by atoms with E-state index < -0.39 is 0 Å². The standard InChI is InChI=1S/C21H22N4O/c1-2-25(14-6-9-17-7-4-3-5-8-17)21(26)19-15-23-20(24-16-19)18-10-12-22-13-11-18/h3-5,7-8,10-13,15-16H,2,6,9,14H2,1H3. The van der Waals surface area contributed by atoms with Gasteiger partial charge in [0.25, 0.3) is 5.91 Å². The highest BCUT2D eigenvalue weighted by molar-refractivity contribution is 5.93. The van der Waals surface area contributed by atoms with Crippen LogP contribution in [-0.2, 0) is 6.42 Å². The van der Waals surface area contributed by atoms with Gasteiger partial charge in [-0.1, -0.05) is 30.3 Å². The molecule has 2 aromatic heterocycles. The lowest BCUT2D eigenvalue weighted by atomic mass is 10.1. The van der Waals surface area contributed by atoms with Gasteiger partial charge in [-0.05, 0) is 37.5 Å². The zero-order valence-electron chi connectivity index (χ0n) is 14.9. The van der Waals surface area contributed by atoms with Gasteiger partial charge in [-0.3, -0.25) is 9.78 Å². The maximum atomic E-state index is 12.7. The lowest BCUT2D eigenvalue weighted by molar-refractivity contribution is 0.0762. The number of nitrogens with zero attached hydrogens (tertiary/aromatic N) is 4. The van der Waals surface area contributed by atoms with Gasteiger partial charge in [0.15, 0.2) is 5.82 Å². The lowest BCUT2D eigenvalue weighted by Crippen LogP contribution is -2.32. The number of benzene rings is 1. The normalized spacial score (nSPS) is 10.5. The summed E-state index contributed by atoms with van der Waals surface area (Å²) in [5.74, 6) is 0.568. The molecule has 0 aliphatic heterocycles. The van der Waals surface area contributed by atoms with Crippen molar-refractivity contribution in [1.29, 1.82) is 0 Å². The van der Waals surface area contributed by atoms with E-state index in [1.54, 1.807) is 24.8 Å². The summed E-state index contributed by atoms with van der Waals surface area (Å²) in [5.41, 5.74) is 2.69. The molecule has 3 rings (SSSR count). The highest BCUT2D eigenvalue weighted by Gasteiger charge is 2.15. The Balaban J connectivity index is 1.61. The first-order chi connectivity index (χ1) is 12.8. The number of aryl methyl sites for hydroxylation is 1. The third-order valence-electron chi connectivity index (χ3n) is 4.24. The fourth-order valence-corrected chi connectivity index (χ4v) is 2.79. The van der Waals surface area contributed by atoms with Gasteiger partial charge in [0.1, 0.15) is 0 Å². The maximum absolute atomic E-state index is 12.7. The quantitative estimate of drug-likeness (QED) is 0.655. The van der Waals surface area contributed by atoms with E-state index in [4.69, 9.17) is 0 Å². The molecule has 5 nitrogen and oxygen atoms in total. The zero-order chi connectivity index (χ0) is 18.2. The average molecular weight is 346 g/mol. The molecule has 0 spiro atoms. The molecule has 0 N–H and O–H groups in total. The largest absolute Gasteiger partial charge is 0.339 e. The Bertz CT molecular complexity index is 820. The average Bonchev–Trinajstić information content (AvgIpc) is 2.72. The van der Waals surface area contributed by atoms with Gasteiger partial charge in [-0.15, -0.1) is 0 Å². The van der Waals surface area contributed by atoms with Gasteiger partial charge in [-0.2, -0.15) is 0 Å². The number of hydrogen-bond donors (Lipinski definition) is 0. The number of pyridine rings is 1. The van der Waals surface area contributed by atoms with Gasteiger partial charge < -0.3 is 4.90 Å². The molecule has 0 saturated heterocycles. The molecule has 0 aliphatic rings. The third-order valence-corrected chi connectivity index (χ3v) is 4.24. The van der Waals surface area contributed by atoms with Crippen LogP contribution in [0.15, 0.2) is 67.3 Å². The van der Waals surface area contributed by atoms with E-state index in [0.29, 0.717) is 17.9 Å². The molecule has 0 radical (unpaired) electrons. The van der Waals surface area contributed by atoms with E-state index in [1.807, 2.05) is 42.2 Å². The van der Waals surface area contributed by atoms with Crippen LogP contribution in [0.1, 0.15) is 29.3 Å². The van der Waals surface area contributed by atoms with Gasteiger partial charge in [0.05, 0.1) is 5.56 Å². The monoisotopic (exact) mass is 346 g/mol. The van der Waals surface area contributed by atoms with Crippen LogP contribution in [0, 0.1) is 0 Å². The van der Waals surface area contributed by atoms with Crippen LogP contribution in [0.25, 0.3) is 11.4 Å². The van der Waals surface area contributed by atoms with Gasteiger partial charge >= 0.3 is 0 Å². The summed E-state index contributed by atoms with van der Waals surface area (Å²) in [7, 11) is 0. The molecule has 3 aromatic rings. The van der Waals surface area contributed by atoms with E-state index in [9.17, 15) is 4.79 Å². The van der Waals surface area contributed by atoms with Gasteiger partial charge in [0.2, 0.25) is 0 Å². The van der Waals surface area contributed by atoms with Crippen molar-refractivity contribution in [2.24, 2.45) is 0 Å². The Hall–Kier alpha value is -3.08. The molecule has 0 saturated carbocycles. The Labute approximate surface area is 153 Å². The van der Waals surface area contributed by atoms with E-state index in [2.05, 4.69) is 27.1 Å². The lowest BCUT2D eigenvalue weighted by Gasteiger charge is -2.20. The van der Waals surface area contributed by atoms with E-state index in [1.165, 1.54) is 5.56 Å². The summed E-state index contributed by atoms with van der Waals surface area (Å²) in [4.78, 5) is 27.2. The van der Waals surface area contributed by atoms with Crippen molar-refractivity contribution in [3.63, 3.8) is 0 Å². The van der Waals surface area contributed by atoms with Crippen molar-refractivity contribution in [2.45, 2.75) is 19.8 Å². The van der Waals surface area contributed by atoms with Crippen LogP contribution in [-0.4, -0.2) is 38.8 Å². The molecular formula is C21H22N4O. The second-order valence-electron chi connectivity index (χ2n) is 6.01. The maximum Gasteiger partial charge on any atom is 0.256 e. The molecule has 0 aliphatic carbocycles. The highest BCUT2D eigenvalue weighted by Crippen LogP contribution is 2.13. The van der Waals surface area contributed by atoms with Crippen molar-refractivity contribution in [1.82, 2.24) is 19.9 Å². The van der Waals surface area contributed by atoms with Gasteiger partial charge in [0, 0.05) is 43.4 Å². The van der Waals surface area contributed by atoms with Crippen LogP contribution in [0.3, 0.4) is 0 Å². The zero-order valence-corrected chi connectivity index (χ0v) is 14.9. The SMILES string of the molecule is CCN(CCCc1ccccc1)C(=O)c1cnc(-c2ccncc2)nc1. The summed E-state index contributed by atoms with van der Waals surface area (Å²) in [6.07, 6.45) is 8.49. The number of hydrogen-bond acceptors (Lipinski definition) is 4. The predicted molar refractivity (Wildman–Crippen MR) is 102 cm³/mol. The van der Waals surface area contributed by atoms with Crippen LogP contribution >= 0.6 is 0 Å². The number of aromatic nitrogens is 3. The fourth-order valence-electron chi connectivity index (χ4n) is 2.79. The van der Waals surface area contributed by atoms with E-state index in [0.717, 1.165) is 24.9 Å². The summed E-state index contributed by atoms with van der Waals surface area (Å²) in [6.45, 7) is 3.38. The minimum atomic E-state index is -0.0261. The molecular weight excluding hydrogens is 324 g/mol. The first kappa shape index (κ1) is 17.7. The van der Waals surface area contributed by atoms with Crippen molar-refractivity contribution in [3.8, 4) is 11.4 Å². The third kappa shape index (κ3) is 4.51. The minimum Gasteiger partial charge on any atom is -0.339 e. The number of carbonyl (C=O) groups is 1. The number of amides is 1. The Morgan fingerprint density at radius 1 is 1.00 bits per heavy atom. The molecule has 5 heteroatoms. The first-order valence-electron chi connectivity index (χ1n) is 8.83. The van der Waals surface area contributed by atoms with Crippen molar-refractivity contribution in [3.05, 3.63) is 78.4 Å². The fraction of sp³-hybridized carbons (Fsp3) is 0.238. The Morgan fingerprint density at radius 3 is 2.35 bits per heavy atom. The number of carbonyl (C=O) groups excluding carboxylic acids is 1. The molecule has 1 aromatic carbocycles. The first-order valence-corrected chi connectivity index (χ1v) is 8.83. The van der Waals surface area contributed by atoms with E-state index in [-0.39, 0.29) is 5.91 Å². The Kier molecular flexibility index (Phi) is 6.04. The molecule has 26 heavy (non-hydrogen) atoms. The second-order valence-corrected chi connectivity index (χ2v) is 6.01. The van der Waals surface area contributed by atoms with Gasteiger partial charge in [-0.25, -0.2) is 9.97 Å². The number of rotatable bonds is 7. The van der Waals surface area contributed by atoms with E-state index >= 15 is 0 Å². The Morgan fingerprint density at radius 2 is 1.69 bits per heavy atom. The van der Waals surface area contributed by atoms with Crippen molar-refractivity contribution >= 4 is 5.91 Å².